The second kappa shape index (κ2) is 23.7. The molecule has 38 heavy (non-hydrogen) atoms. The number of nitrogens with zero attached hydrogens (tertiary/aromatic N) is 4. The Hall–Kier alpha value is -1.20. The molecule has 0 saturated heterocycles. The number of likely N-dealkylation sites (N-methyl/N-ethyl adjacent to an activating group) is 1. The van der Waals surface area contributed by atoms with E-state index in [4.69, 9.17) is 0 Å². The monoisotopic (exact) mass is 533 g/mol. The summed E-state index contributed by atoms with van der Waals surface area (Å²) in [6.45, 7) is 18.7. The summed E-state index contributed by atoms with van der Waals surface area (Å²) < 4.78 is 0. The van der Waals surface area contributed by atoms with Crippen LogP contribution in [-0.2, 0) is 0 Å². The van der Waals surface area contributed by atoms with Crippen LogP contribution in [0.1, 0.15) is 93.9 Å². The molecule has 0 saturated carbocycles. The van der Waals surface area contributed by atoms with Crippen LogP contribution in [0.2, 0.25) is 0 Å². The SMILES string of the molecule is C.C.C/C1=C/CCN(C)CCC1.CC1=CCCN(C)CC1.CC1=CCCN(C)CC1.CC1=CCN(C)CC1. The highest BCUT2D eigenvalue weighted by atomic mass is 15.1. The minimum atomic E-state index is 0. The summed E-state index contributed by atoms with van der Waals surface area (Å²) in [4.78, 5) is 9.50. The van der Waals surface area contributed by atoms with Gasteiger partial charge >= 0.3 is 0 Å². The van der Waals surface area contributed by atoms with E-state index in [-0.39, 0.29) is 14.9 Å². The Morgan fingerprint density at radius 2 is 0.763 bits per heavy atom. The van der Waals surface area contributed by atoms with Gasteiger partial charge in [-0.2, -0.15) is 0 Å². The molecule has 4 rings (SSSR count). The molecule has 0 N–H and O–H groups in total. The van der Waals surface area contributed by atoms with Gasteiger partial charge in [0, 0.05) is 45.8 Å². The van der Waals surface area contributed by atoms with Gasteiger partial charge in [-0.3, -0.25) is 0 Å². The van der Waals surface area contributed by atoms with Gasteiger partial charge in [0.1, 0.15) is 0 Å². The van der Waals surface area contributed by atoms with Gasteiger partial charge < -0.3 is 19.6 Å². The van der Waals surface area contributed by atoms with Crippen molar-refractivity contribution >= 4 is 0 Å². The quantitative estimate of drug-likeness (QED) is 0.294. The molecule has 0 spiro atoms. The van der Waals surface area contributed by atoms with Gasteiger partial charge in [0.2, 0.25) is 0 Å². The van der Waals surface area contributed by atoms with E-state index in [1.807, 2.05) is 0 Å². The molecule has 0 aliphatic carbocycles. The minimum absolute atomic E-state index is 0. The zero-order valence-corrected chi connectivity index (χ0v) is 25.4. The molecule has 4 nitrogen and oxygen atoms in total. The predicted octanol–water partition coefficient (Wildman–Crippen LogP) is 7.91. The van der Waals surface area contributed by atoms with E-state index < -0.39 is 0 Å². The number of hydrogen-bond acceptors (Lipinski definition) is 4. The van der Waals surface area contributed by atoms with Crippen molar-refractivity contribution in [2.75, 3.05) is 80.5 Å². The van der Waals surface area contributed by atoms with Crippen molar-refractivity contribution < 1.29 is 0 Å². The molecule has 0 aromatic carbocycles. The summed E-state index contributed by atoms with van der Waals surface area (Å²) >= 11 is 0. The molecule has 0 fully saturated rings. The molecule has 0 unspecified atom stereocenters. The molecule has 0 atom stereocenters. The van der Waals surface area contributed by atoms with Gasteiger partial charge in [-0.25, -0.2) is 0 Å². The maximum absolute atomic E-state index is 2.41. The predicted molar refractivity (Wildman–Crippen MR) is 175 cm³/mol. The fourth-order valence-corrected chi connectivity index (χ4v) is 4.47. The molecule has 224 valence electrons. The van der Waals surface area contributed by atoms with Crippen molar-refractivity contribution in [3.8, 4) is 0 Å². The Morgan fingerprint density at radius 1 is 0.421 bits per heavy atom. The van der Waals surface area contributed by atoms with Crippen molar-refractivity contribution in [3.05, 3.63) is 46.6 Å². The zero-order chi connectivity index (χ0) is 26.8. The summed E-state index contributed by atoms with van der Waals surface area (Å²) in [7, 11) is 8.73. The van der Waals surface area contributed by atoms with Gasteiger partial charge in [0.15, 0.2) is 0 Å². The Morgan fingerprint density at radius 3 is 1.16 bits per heavy atom. The number of hydrogen-bond donors (Lipinski definition) is 0. The van der Waals surface area contributed by atoms with Crippen LogP contribution in [0, 0.1) is 0 Å². The van der Waals surface area contributed by atoms with E-state index in [0.717, 1.165) is 6.54 Å². The summed E-state index contributed by atoms with van der Waals surface area (Å²) in [5, 5.41) is 0. The van der Waals surface area contributed by atoms with Gasteiger partial charge in [0.05, 0.1) is 0 Å². The van der Waals surface area contributed by atoms with Crippen molar-refractivity contribution in [2.24, 2.45) is 0 Å². The first-order valence-corrected chi connectivity index (χ1v) is 14.5. The molecule has 0 amide bonds. The highest BCUT2D eigenvalue weighted by molar-refractivity contribution is 5.03. The number of allylic oxidation sites excluding steroid dienone is 1. The topological polar surface area (TPSA) is 13.0 Å². The van der Waals surface area contributed by atoms with Crippen molar-refractivity contribution in [1.82, 2.24) is 19.6 Å². The lowest BCUT2D eigenvalue weighted by Gasteiger charge is -2.19. The Balaban J connectivity index is 0. The van der Waals surface area contributed by atoms with Gasteiger partial charge in [0.25, 0.3) is 0 Å². The molecule has 4 heteroatoms. The average Bonchev–Trinajstić information content (AvgIpc) is 3.14. The summed E-state index contributed by atoms with van der Waals surface area (Å²) in [5.74, 6) is 0. The van der Waals surface area contributed by atoms with Crippen LogP contribution in [-0.4, -0.2) is 100 Å². The van der Waals surface area contributed by atoms with Crippen LogP contribution in [0.3, 0.4) is 0 Å². The van der Waals surface area contributed by atoms with E-state index in [2.05, 4.69) is 99.8 Å². The van der Waals surface area contributed by atoms with Gasteiger partial charge in [-0.15, -0.1) is 0 Å². The second-order valence-electron chi connectivity index (χ2n) is 11.6. The molecule has 4 aliphatic rings. The Kier molecular flexibility index (Phi) is 24.3. The lowest BCUT2D eigenvalue weighted by atomic mass is 10.1. The summed E-state index contributed by atoms with van der Waals surface area (Å²) in [6.07, 6.45) is 19.5. The van der Waals surface area contributed by atoms with E-state index in [9.17, 15) is 0 Å². The molecular formula is C34H68N4. The third-order valence-electron chi connectivity index (χ3n) is 7.54. The van der Waals surface area contributed by atoms with Crippen molar-refractivity contribution in [2.45, 2.75) is 93.9 Å². The zero-order valence-electron chi connectivity index (χ0n) is 25.4. The third-order valence-corrected chi connectivity index (χ3v) is 7.54. The molecule has 0 aromatic heterocycles. The highest BCUT2D eigenvalue weighted by Gasteiger charge is 2.03. The van der Waals surface area contributed by atoms with E-state index in [0.29, 0.717) is 0 Å². The first-order chi connectivity index (χ1) is 17.2. The van der Waals surface area contributed by atoms with Gasteiger partial charge in [-0.1, -0.05) is 61.4 Å². The Bertz CT molecular complexity index is 673. The van der Waals surface area contributed by atoms with Crippen LogP contribution in [0.15, 0.2) is 46.6 Å². The fraction of sp³-hybridized carbons (Fsp3) is 0.765. The maximum Gasteiger partial charge on any atom is 0.0162 e. The Labute approximate surface area is 240 Å². The standard InChI is InChI=1S/C9H17N.2C8H15N.C7H13N.2CH4/c1-9-5-3-7-10(2)8-4-6-9;2*1-8-4-3-6-9(2)7-5-8;1-7-3-5-8(2)6-4-7;;/h5H,3-4,6-8H2,1-2H3;2*4H,3,5-7H2,1-2H3;3H,4-6H2,1-2H3;2*1H4/b9-5-;;;;;. The van der Waals surface area contributed by atoms with Crippen LogP contribution >= 0.6 is 0 Å². The maximum atomic E-state index is 2.41. The number of rotatable bonds is 0. The van der Waals surface area contributed by atoms with E-state index in [1.165, 1.54) is 97.2 Å². The summed E-state index contributed by atoms with van der Waals surface area (Å²) in [6, 6.07) is 0. The van der Waals surface area contributed by atoms with Gasteiger partial charge in [-0.05, 0) is 114 Å². The van der Waals surface area contributed by atoms with Crippen LogP contribution in [0.5, 0.6) is 0 Å². The molecule has 4 aliphatic heterocycles. The molecule has 0 bridgehead atoms. The van der Waals surface area contributed by atoms with Crippen molar-refractivity contribution in [1.29, 1.82) is 0 Å². The normalized spacial score (nSPS) is 23.3. The lowest BCUT2D eigenvalue weighted by molar-refractivity contribution is 0.331. The minimum Gasteiger partial charge on any atom is -0.306 e. The molecule has 0 radical (unpaired) electrons. The molecule has 0 aromatic rings. The largest absolute Gasteiger partial charge is 0.306 e. The average molecular weight is 533 g/mol. The molecule has 4 heterocycles. The van der Waals surface area contributed by atoms with E-state index in [1.54, 1.807) is 22.3 Å². The van der Waals surface area contributed by atoms with Crippen LogP contribution < -0.4 is 0 Å². The first kappa shape index (κ1) is 38.9. The first-order valence-electron chi connectivity index (χ1n) is 14.5. The lowest BCUT2D eigenvalue weighted by Crippen LogP contribution is -2.23. The highest BCUT2D eigenvalue weighted by Crippen LogP contribution is 2.10. The third kappa shape index (κ3) is 21.7. The molecular weight excluding hydrogens is 464 g/mol. The van der Waals surface area contributed by atoms with Crippen LogP contribution in [0.4, 0.5) is 0 Å². The van der Waals surface area contributed by atoms with Crippen LogP contribution in [0.25, 0.3) is 0 Å². The second-order valence-corrected chi connectivity index (χ2v) is 11.6. The summed E-state index contributed by atoms with van der Waals surface area (Å²) in [5.41, 5.74) is 6.23. The van der Waals surface area contributed by atoms with E-state index >= 15 is 0 Å². The fourth-order valence-electron chi connectivity index (χ4n) is 4.47. The smallest absolute Gasteiger partial charge is 0.0162 e. The van der Waals surface area contributed by atoms with Crippen molar-refractivity contribution in [3.63, 3.8) is 0 Å².